The van der Waals surface area contributed by atoms with E-state index in [-0.39, 0.29) is 11.8 Å². The van der Waals surface area contributed by atoms with Crippen molar-refractivity contribution in [3.05, 3.63) is 83.2 Å². The fourth-order valence-electron chi connectivity index (χ4n) is 4.37. The molecule has 4 aromatic rings. The van der Waals surface area contributed by atoms with E-state index in [1.54, 1.807) is 12.3 Å². The van der Waals surface area contributed by atoms with Gasteiger partial charge in [-0.05, 0) is 62.7 Å². The van der Waals surface area contributed by atoms with Gasteiger partial charge < -0.3 is 14.4 Å². The van der Waals surface area contributed by atoms with Gasteiger partial charge >= 0.3 is 0 Å². The van der Waals surface area contributed by atoms with E-state index in [0.29, 0.717) is 29.8 Å². The maximum atomic E-state index is 12.7. The van der Waals surface area contributed by atoms with Crippen LogP contribution >= 0.6 is 11.6 Å². The van der Waals surface area contributed by atoms with Crippen LogP contribution in [0.15, 0.2) is 65.4 Å². The predicted octanol–water partition coefficient (Wildman–Crippen LogP) is 4.41. The Hall–Kier alpha value is -3.49. The molecule has 1 aliphatic rings. The van der Waals surface area contributed by atoms with Crippen molar-refractivity contribution in [3.8, 4) is 17.1 Å². The van der Waals surface area contributed by atoms with Gasteiger partial charge in [0.1, 0.15) is 5.82 Å². The van der Waals surface area contributed by atoms with E-state index in [2.05, 4.69) is 25.3 Å². The van der Waals surface area contributed by atoms with E-state index in [1.807, 2.05) is 60.2 Å². The minimum Gasteiger partial charge on any atom is -0.352 e. The molecule has 0 bridgehead atoms. The maximum absolute atomic E-state index is 12.7. The summed E-state index contributed by atoms with van der Waals surface area (Å²) in [5.41, 5.74) is 2.89. The zero-order chi connectivity index (χ0) is 24.2. The number of likely N-dealkylation sites (tertiary alicyclic amines) is 1. The summed E-state index contributed by atoms with van der Waals surface area (Å²) in [5, 5.41) is 7.76. The molecule has 9 heteroatoms. The number of hydrogen-bond donors (Lipinski definition) is 1. The third kappa shape index (κ3) is 5.44. The number of hydrogen-bond acceptors (Lipinski definition) is 6. The summed E-state index contributed by atoms with van der Waals surface area (Å²) >= 11 is 6.23. The summed E-state index contributed by atoms with van der Waals surface area (Å²) in [5.74, 6) is 2.11. The Balaban J connectivity index is 1.08. The minimum absolute atomic E-state index is 0.0143. The van der Waals surface area contributed by atoms with Gasteiger partial charge in [-0.15, -0.1) is 0 Å². The molecule has 2 aromatic carbocycles. The molecular weight excluding hydrogens is 464 g/mol. The van der Waals surface area contributed by atoms with Crippen molar-refractivity contribution in [1.82, 2.24) is 29.9 Å². The molecule has 1 aliphatic heterocycles. The molecule has 180 valence electrons. The topological polar surface area (TPSA) is 89.1 Å². The van der Waals surface area contributed by atoms with Crippen LogP contribution in [-0.4, -0.2) is 43.6 Å². The Labute approximate surface area is 208 Å². The normalized spacial score (nSPS) is 14.8. The first kappa shape index (κ1) is 23.3. The number of piperidine rings is 1. The average Bonchev–Trinajstić information content (AvgIpc) is 3.52. The highest BCUT2D eigenvalue weighted by molar-refractivity contribution is 6.33. The second kappa shape index (κ2) is 10.4. The van der Waals surface area contributed by atoms with E-state index in [4.69, 9.17) is 16.1 Å². The number of carbonyl (C=O) groups excluding carboxylic acids is 1. The van der Waals surface area contributed by atoms with Crippen LogP contribution in [0.3, 0.4) is 0 Å². The van der Waals surface area contributed by atoms with Crippen molar-refractivity contribution in [1.29, 1.82) is 0 Å². The molecule has 1 amide bonds. The van der Waals surface area contributed by atoms with Crippen molar-refractivity contribution in [2.75, 3.05) is 13.1 Å². The van der Waals surface area contributed by atoms with Crippen LogP contribution in [0.1, 0.15) is 30.1 Å². The molecule has 2 aromatic heterocycles. The first-order valence-electron chi connectivity index (χ1n) is 11.7. The predicted molar refractivity (Wildman–Crippen MR) is 133 cm³/mol. The number of aryl methyl sites for hydroxylation is 1. The fraction of sp³-hybridized carbons (Fsp3) is 0.308. The first-order chi connectivity index (χ1) is 17.1. The molecule has 35 heavy (non-hydrogen) atoms. The summed E-state index contributed by atoms with van der Waals surface area (Å²) in [6, 6.07) is 15.6. The van der Waals surface area contributed by atoms with E-state index in [0.717, 1.165) is 48.6 Å². The summed E-state index contributed by atoms with van der Waals surface area (Å²) in [6.07, 6.45) is 5.33. The molecule has 1 N–H and O–H groups in total. The van der Waals surface area contributed by atoms with Crippen molar-refractivity contribution in [2.45, 2.75) is 32.9 Å². The van der Waals surface area contributed by atoms with Crippen LogP contribution in [-0.2, 0) is 17.9 Å². The molecule has 1 saturated heterocycles. The molecule has 0 saturated carbocycles. The quantitative estimate of drug-likeness (QED) is 0.412. The average molecular weight is 491 g/mol. The van der Waals surface area contributed by atoms with Crippen LogP contribution in [0.25, 0.3) is 17.1 Å². The maximum Gasteiger partial charge on any atom is 0.241 e. The lowest BCUT2D eigenvalue weighted by molar-refractivity contribution is -0.126. The van der Waals surface area contributed by atoms with Crippen LogP contribution in [0.2, 0.25) is 5.02 Å². The summed E-state index contributed by atoms with van der Waals surface area (Å²) in [7, 11) is 0. The highest BCUT2D eigenvalue weighted by atomic mass is 35.5. The lowest BCUT2D eigenvalue weighted by Gasteiger charge is -2.30. The Morgan fingerprint density at radius 3 is 2.63 bits per heavy atom. The second-order valence-corrected chi connectivity index (χ2v) is 9.18. The lowest BCUT2D eigenvalue weighted by atomic mass is 9.96. The molecular formula is C26H27ClN6O2. The number of carbonyl (C=O) groups is 1. The molecule has 8 nitrogen and oxygen atoms in total. The number of nitrogens with zero attached hydrogens (tertiary/aromatic N) is 5. The van der Waals surface area contributed by atoms with Crippen molar-refractivity contribution >= 4 is 17.5 Å². The zero-order valence-electron chi connectivity index (χ0n) is 19.5. The Morgan fingerprint density at radius 1 is 1.14 bits per heavy atom. The molecule has 0 radical (unpaired) electrons. The number of imidazole rings is 1. The van der Waals surface area contributed by atoms with Crippen molar-refractivity contribution in [3.63, 3.8) is 0 Å². The van der Waals surface area contributed by atoms with Crippen LogP contribution in [0, 0.1) is 12.8 Å². The molecule has 1 fully saturated rings. The van der Waals surface area contributed by atoms with Gasteiger partial charge in [-0.1, -0.05) is 41.0 Å². The number of amides is 1. The monoisotopic (exact) mass is 490 g/mol. The van der Waals surface area contributed by atoms with Gasteiger partial charge in [-0.3, -0.25) is 9.69 Å². The summed E-state index contributed by atoms with van der Waals surface area (Å²) in [6.45, 7) is 4.67. The van der Waals surface area contributed by atoms with Gasteiger partial charge in [-0.2, -0.15) is 4.98 Å². The van der Waals surface area contributed by atoms with Crippen LogP contribution in [0.4, 0.5) is 0 Å². The molecule has 0 atom stereocenters. The SMILES string of the molecule is Cc1nccn1-c1ccc(CNC(=O)C2CCN(Cc3nc(-c4ccccc4Cl)no3)CC2)cc1. The molecule has 0 aliphatic carbocycles. The van der Waals surface area contributed by atoms with Crippen LogP contribution < -0.4 is 5.32 Å². The van der Waals surface area contributed by atoms with E-state index in [1.165, 1.54) is 0 Å². The number of halogens is 1. The smallest absolute Gasteiger partial charge is 0.241 e. The minimum atomic E-state index is 0.0143. The summed E-state index contributed by atoms with van der Waals surface area (Å²) in [4.78, 5) is 23.7. The van der Waals surface area contributed by atoms with Gasteiger partial charge in [-0.25, -0.2) is 4.98 Å². The number of benzene rings is 2. The highest BCUT2D eigenvalue weighted by Crippen LogP contribution is 2.26. The highest BCUT2D eigenvalue weighted by Gasteiger charge is 2.26. The van der Waals surface area contributed by atoms with Gasteiger partial charge in [0, 0.05) is 36.1 Å². The fourth-order valence-corrected chi connectivity index (χ4v) is 4.59. The Bertz CT molecular complexity index is 1290. The van der Waals surface area contributed by atoms with Gasteiger partial charge in [0.2, 0.25) is 17.6 Å². The Kier molecular flexibility index (Phi) is 6.92. The molecule has 0 unspecified atom stereocenters. The first-order valence-corrected chi connectivity index (χ1v) is 12.1. The third-order valence-electron chi connectivity index (χ3n) is 6.41. The Morgan fingerprint density at radius 2 is 1.91 bits per heavy atom. The van der Waals surface area contributed by atoms with Gasteiger partial charge in [0.25, 0.3) is 0 Å². The number of rotatable bonds is 7. The van der Waals surface area contributed by atoms with E-state index >= 15 is 0 Å². The third-order valence-corrected chi connectivity index (χ3v) is 6.74. The van der Waals surface area contributed by atoms with Crippen molar-refractivity contribution in [2.24, 2.45) is 5.92 Å². The second-order valence-electron chi connectivity index (χ2n) is 8.77. The zero-order valence-corrected chi connectivity index (χ0v) is 20.3. The standard InChI is InChI=1S/C26H27ClN6O2/c1-18-28-12-15-33(18)21-8-6-19(7-9-21)16-29-26(34)20-10-13-32(14-11-20)17-24-30-25(31-35-24)22-4-2-3-5-23(22)27/h2-9,12,15,20H,10-11,13-14,16-17H2,1H3,(H,29,34). The number of nitrogens with one attached hydrogen (secondary N) is 1. The lowest BCUT2D eigenvalue weighted by Crippen LogP contribution is -2.40. The van der Waals surface area contributed by atoms with Crippen molar-refractivity contribution < 1.29 is 9.32 Å². The number of aromatic nitrogens is 4. The van der Waals surface area contributed by atoms with E-state index < -0.39 is 0 Å². The van der Waals surface area contributed by atoms with E-state index in [9.17, 15) is 4.79 Å². The summed E-state index contributed by atoms with van der Waals surface area (Å²) < 4.78 is 7.46. The van der Waals surface area contributed by atoms with Gasteiger partial charge in [0.15, 0.2) is 0 Å². The van der Waals surface area contributed by atoms with Gasteiger partial charge in [0.05, 0.1) is 11.6 Å². The molecule has 0 spiro atoms. The van der Waals surface area contributed by atoms with Crippen LogP contribution in [0.5, 0.6) is 0 Å². The molecule has 5 rings (SSSR count). The molecule has 3 heterocycles. The largest absolute Gasteiger partial charge is 0.352 e.